The van der Waals surface area contributed by atoms with Gasteiger partial charge in [-0.3, -0.25) is 9.59 Å². The van der Waals surface area contributed by atoms with Crippen molar-refractivity contribution in [2.75, 3.05) is 0 Å². The molecule has 4 nitrogen and oxygen atoms in total. The van der Waals surface area contributed by atoms with Crippen molar-refractivity contribution in [3.63, 3.8) is 0 Å². The molecule has 1 unspecified atom stereocenters. The summed E-state index contributed by atoms with van der Waals surface area (Å²) in [7, 11) is 0. The summed E-state index contributed by atoms with van der Waals surface area (Å²) in [6.07, 6.45) is 1.39. The lowest BCUT2D eigenvalue weighted by Crippen LogP contribution is -2.49. The Morgan fingerprint density at radius 1 is 1.37 bits per heavy atom. The zero-order chi connectivity index (χ0) is 13.6. The molecule has 2 amide bonds. The van der Waals surface area contributed by atoms with E-state index in [1.807, 2.05) is 25.1 Å². The van der Waals surface area contributed by atoms with Gasteiger partial charge in [0.2, 0.25) is 5.91 Å². The molecule has 2 heterocycles. The summed E-state index contributed by atoms with van der Waals surface area (Å²) in [6, 6.07) is 5.47. The third-order valence-corrected chi connectivity index (χ3v) is 3.87. The highest BCUT2D eigenvalue weighted by atomic mass is 16.2. The number of aryl methyl sites for hydroxylation is 1. The Balaban J connectivity index is 1.90. The highest BCUT2D eigenvalue weighted by Crippen LogP contribution is 2.29. The maximum absolute atomic E-state index is 12.5. The van der Waals surface area contributed by atoms with E-state index >= 15 is 0 Å². The molecule has 1 atom stereocenters. The molecule has 0 saturated carbocycles. The summed E-state index contributed by atoms with van der Waals surface area (Å²) in [4.78, 5) is 26.2. The van der Waals surface area contributed by atoms with Gasteiger partial charge in [-0.05, 0) is 30.9 Å². The minimum absolute atomic E-state index is 0.0271. The third-order valence-electron chi connectivity index (χ3n) is 3.87. The lowest BCUT2D eigenvalue weighted by Gasteiger charge is -2.31. The van der Waals surface area contributed by atoms with Gasteiger partial charge >= 0.3 is 0 Å². The average Bonchev–Trinajstić information content (AvgIpc) is 2.68. The van der Waals surface area contributed by atoms with Gasteiger partial charge in [0, 0.05) is 17.8 Å². The Kier molecular flexibility index (Phi) is 2.66. The van der Waals surface area contributed by atoms with Crippen LogP contribution in [0.4, 0.5) is 0 Å². The molecule has 0 aliphatic carbocycles. The summed E-state index contributed by atoms with van der Waals surface area (Å²) in [6.45, 7) is 6.22. The van der Waals surface area contributed by atoms with Crippen LogP contribution in [-0.2, 0) is 11.3 Å². The predicted molar refractivity (Wildman–Crippen MR) is 71.4 cm³/mol. The number of fused-ring (bicyclic) bond motifs is 1. The van der Waals surface area contributed by atoms with Crippen LogP contribution in [0, 0.1) is 6.92 Å². The van der Waals surface area contributed by atoms with Crippen molar-refractivity contribution in [3.8, 4) is 0 Å². The summed E-state index contributed by atoms with van der Waals surface area (Å²) < 4.78 is 0. The van der Waals surface area contributed by atoms with E-state index in [-0.39, 0.29) is 17.9 Å². The molecule has 1 fully saturated rings. The second-order valence-corrected chi connectivity index (χ2v) is 5.19. The van der Waals surface area contributed by atoms with Gasteiger partial charge in [0.05, 0.1) is 0 Å². The van der Waals surface area contributed by atoms with Crippen molar-refractivity contribution in [2.24, 2.45) is 0 Å². The van der Waals surface area contributed by atoms with Gasteiger partial charge in [0.1, 0.15) is 6.04 Å². The number of nitrogens with one attached hydrogen (secondary N) is 1. The van der Waals surface area contributed by atoms with E-state index in [1.165, 1.54) is 0 Å². The number of nitrogens with zero attached hydrogens (tertiary/aromatic N) is 1. The first-order valence-corrected chi connectivity index (χ1v) is 6.46. The van der Waals surface area contributed by atoms with Gasteiger partial charge in [-0.1, -0.05) is 24.8 Å². The maximum atomic E-state index is 12.5. The molecule has 0 aromatic heterocycles. The first-order valence-electron chi connectivity index (χ1n) is 6.46. The molecule has 19 heavy (non-hydrogen) atoms. The van der Waals surface area contributed by atoms with Crippen LogP contribution in [0.5, 0.6) is 0 Å². The highest BCUT2D eigenvalue weighted by Gasteiger charge is 2.38. The standard InChI is InChI=1S/C15H16N2O2/c1-9-4-3-5-11-8-17(15(19)13(9)11)12-7-6-10(2)16-14(12)18/h3-5,12H,2,6-8H2,1H3,(H,16,18). The van der Waals surface area contributed by atoms with Crippen molar-refractivity contribution in [1.82, 2.24) is 10.2 Å². The number of hydrogen-bond acceptors (Lipinski definition) is 2. The van der Waals surface area contributed by atoms with E-state index in [2.05, 4.69) is 11.9 Å². The van der Waals surface area contributed by atoms with Crippen LogP contribution in [-0.4, -0.2) is 22.8 Å². The second-order valence-electron chi connectivity index (χ2n) is 5.19. The fourth-order valence-electron chi connectivity index (χ4n) is 2.88. The Morgan fingerprint density at radius 2 is 2.16 bits per heavy atom. The Labute approximate surface area is 112 Å². The van der Waals surface area contributed by atoms with Crippen molar-refractivity contribution in [2.45, 2.75) is 32.4 Å². The Bertz CT molecular complexity index is 592. The van der Waals surface area contributed by atoms with E-state index in [0.717, 1.165) is 28.8 Å². The normalized spacial score (nSPS) is 22.5. The molecule has 2 aliphatic heterocycles. The van der Waals surface area contributed by atoms with Crippen LogP contribution in [0.15, 0.2) is 30.5 Å². The highest BCUT2D eigenvalue weighted by molar-refractivity contribution is 6.02. The molecule has 1 saturated heterocycles. The molecular weight excluding hydrogens is 240 g/mol. The summed E-state index contributed by atoms with van der Waals surface area (Å²) in [5.41, 5.74) is 3.49. The van der Waals surface area contributed by atoms with Crippen LogP contribution in [0.3, 0.4) is 0 Å². The van der Waals surface area contributed by atoms with Crippen LogP contribution in [0.25, 0.3) is 0 Å². The van der Waals surface area contributed by atoms with Crippen LogP contribution in [0.2, 0.25) is 0 Å². The van der Waals surface area contributed by atoms with Crippen LogP contribution < -0.4 is 5.32 Å². The number of carbonyl (C=O) groups excluding carboxylic acids is 2. The summed E-state index contributed by atoms with van der Waals surface area (Å²) in [5, 5.41) is 2.74. The minimum atomic E-state index is -0.371. The van der Waals surface area contributed by atoms with Crippen molar-refractivity contribution < 1.29 is 9.59 Å². The largest absolute Gasteiger partial charge is 0.329 e. The van der Waals surface area contributed by atoms with Gasteiger partial charge in [-0.25, -0.2) is 0 Å². The number of hydrogen-bond donors (Lipinski definition) is 1. The van der Waals surface area contributed by atoms with Gasteiger partial charge in [0.25, 0.3) is 5.91 Å². The SMILES string of the molecule is C=C1CCC(N2Cc3cccc(C)c3C2=O)C(=O)N1. The van der Waals surface area contributed by atoms with Crippen LogP contribution in [0.1, 0.15) is 34.3 Å². The third kappa shape index (κ3) is 1.84. The Hall–Kier alpha value is -2.10. The van der Waals surface area contributed by atoms with Gasteiger partial charge in [-0.15, -0.1) is 0 Å². The van der Waals surface area contributed by atoms with Crippen molar-refractivity contribution >= 4 is 11.8 Å². The molecule has 3 rings (SSSR count). The first-order chi connectivity index (χ1) is 9.08. The topological polar surface area (TPSA) is 49.4 Å². The quantitative estimate of drug-likeness (QED) is 0.832. The second kappa shape index (κ2) is 4.23. The van der Waals surface area contributed by atoms with Gasteiger partial charge < -0.3 is 10.2 Å². The number of piperidine rings is 1. The Morgan fingerprint density at radius 3 is 2.84 bits per heavy atom. The van der Waals surface area contributed by atoms with Crippen LogP contribution >= 0.6 is 0 Å². The van der Waals surface area contributed by atoms with E-state index in [0.29, 0.717) is 13.0 Å². The molecule has 1 aromatic carbocycles. The summed E-state index contributed by atoms with van der Waals surface area (Å²) in [5.74, 6) is -0.143. The number of allylic oxidation sites excluding steroid dienone is 1. The minimum Gasteiger partial charge on any atom is -0.329 e. The number of carbonyl (C=O) groups is 2. The van der Waals surface area contributed by atoms with Gasteiger partial charge in [-0.2, -0.15) is 0 Å². The number of rotatable bonds is 1. The summed E-state index contributed by atoms with van der Waals surface area (Å²) >= 11 is 0. The maximum Gasteiger partial charge on any atom is 0.255 e. The smallest absolute Gasteiger partial charge is 0.255 e. The van der Waals surface area contributed by atoms with E-state index in [4.69, 9.17) is 0 Å². The van der Waals surface area contributed by atoms with E-state index in [1.54, 1.807) is 4.90 Å². The average molecular weight is 256 g/mol. The molecule has 1 aromatic rings. The first kappa shape index (κ1) is 12.0. The molecule has 0 radical (unpaired) electrons. The van der Waals surface area contributed by atoms with Gasteiger partial charge in [0.15, 0.2) is 0 Å². The van der Waals surface area contributed by atoms with E-state index < -0.39 is 0 Å². The molecular formula is C15H16N2O2. The molecule has 1 N–H and O–H groups in total. The molecule has 0 spiro atoms. The van der Waals surface area contributed by atoms with Crippen molar-refractivity contribution in [1.29, 1.82) is 0 Å². The van der Waals surface area contributed by atoms with E-state index in [9.17, 15) is 9.59 Å². The molecule has 2 aliphatic rings. The lowest BCUT2D eigenvalue weighted by atomic mass is 10.0. The predicted octanol–water partition coefficient (Wildman–Crippen LogP) is 1.74. The molecule has 0 bridgehead atoms. The number of benzene rings is 1. The zero-order valence-corrected chi connectivity index (χ0v) is 10.9. The number of amides is 2. The molecule has 98 valence electrons. The monoisotopic (exact) mass is 256 g/mol. The van der Waals surface area contributed by atoms with Crippen molar-refractivity contribution in [3.05, 3.63) is 47.2 Å². The fraction of sp³-hybridized carbons (Fsp3) is 0.333. The fourth-order valence-corrected chi connectivity index (χ4v) is 2.88. The molecule has 4 heteroatoms. The zero-order valence-electron chi connectivity index (χ0n) is 10.9. The lowest BCUT2D eigenvalue weighted by molar-refractivity contribution is -0.126.